The number of fused-ring (bicyclic) bond motifs is 1. The van der Waals surface area contributed by atoms with Gasteiger partial charge in [0, 0.05) is 13.0 Å². The van der Waals surface area contributed by atoms with Crippen LogP contribution in [0.4, 0.5) is 0 Å². The molecule has 7 nitrogen and oxygen atoms in total. The van der Waals surface area contributed by atoms with Gasteiger partial charge in [-0.25, -0.2) is 9.78 Å². The Bertz CT molecular complexity index is 1030. The summed E-state index contributed by atoms with van der Waals surface area (Å²) in [6, 6.07) is 10.3. The Hall–Kier alpha value is -3.00. The maximum absolute atomic E-state index is 12.5. The molecule has 3 aromatic rings. The first-order valence-corrected chi connectivity index (χ1v) is 9.38. The van der Waals surface area contributed by atoms with Gasteiger partial charge in [0.05, 0.1) is 11.7 Å². The molecule has 0 aliphatic rings. The van der Waals surface area contributed by atoms with Crippen LogP contribution in [-0.4, -0.2) is 26.5 Å². The molecule has 0 radical (unpaired) electrons. The zero-order chi connectivity index (χ0) is 19.4. The Kier molecular flexibility index (Phi) is 5.36. The van der Waals surface area contributed by atoms with E-state index < -0.39 is 17.4 Å². The Morgan fingerprint density at radius 3 is 2.67 bits per heavy atom. The largest absolute Gasteiger partial charge is 0.479 e. The lowest BCUT2D eigenvalue weighted by Gasteiger charge is -2.30. The molecule has 2 N–H and O–H groups in total. The second-order valence-corrected chi connectivity index (χ2v) is 7.01. The third-order valence-corrected chi connectivity index (χ3v) is 5.37. The van der Waals surface area contributed by atoms with E-state index in [1.807, 2.05) is 0 Å². The number of thiophene rings is 1. The molecule has 1 unspecified atom stereocenters. The van der Waals surface area contributed by atoms with E-state index in [9.17, 15) is 19.5 Å². The third-order valence-electron chi connectivity index (χ3n) is 4.55. The van der Waals surface area contributed by atoms with Crippen LogP contribution < -0.4 is 10.9 Å². The van der Waals surface area contributed by atoms with Crippen LogP contribution in [0, 0.1) is 0 Å². The normalized spacial score (nSPS) is 13.2. The van der Waals surface area contributed by atoms with Gasteiger partial charge >= 0.3 is 5.97 Å². The van der Waals surface area contributed by atoms with Crippen molar-refractivity contribution < 1.29 is 14.7 Å². The van der Waals surface area contributed by atoms with Crippen molar-refractivity contribution in [3.05, 3.63) is 64.0 Å². The summed E-state index contributed by atoms with van der Waals surface area (Å²) in [5.41, 5.74) is -1.21. The molecule has 1 atom stereocenters. The van der Waals surface area contributed by atoms with Crippen molar-refractivity contribution in [3.8, 4) is 0 Å². The van der Waals surface area contributed by atoms with Gasteiger partial charge in [0.15, 0.2) is 5.54 Å². The van der Waals surface area contributed by atoms with Crippen LogP contribution in [0.2, 0.25) is 0 Å². The Morgan fingerprint density at radius 1 is 1.26 bits per heavy atom. The van der Waals surface area contributed by atoms with Gasteiger partial charge in [0.25, 0.3) is 5.56 Å². The zero-order valence-electron chi connectivity index (χ0n) is 14.7. The summed E-state index contributed by atoms with van der Waals surface area (Å²) in [5, 5.41) is 14.7. The van der Waals surface area contributed by atoms with Crippen LogP contribution in [0.25, 0.3) is 10.2 Å². The highest BCUT2D eigenvalue weighted by Crippen LogP contribution is 2.25. The lowest BCUT2D eigenvalue weighted by Crippen LogP contribution is -2.51. The highest BCUT2D eigenvalue weighted by molar-refractivity contribution is 7.16. The quantitative estimate of drug-likeness (QED) is 0.650. The summed E-state index contributed by atoms with van der Waals surface area (Å²) in [6.45, 7) is 1.83. The van der Waals surface area contributed by atoms with E-state index >= 15 is 0 Å². The monoisotopic (exact) mass is 385 g/mol. The van der Waals surface area contributed by atoms with Crippen LogP contribution in [0.5, 0.6) is 0 Å². The van der Waals surface area contributed by atoms with E-state index in [0.29, 0.717) is 15.8 Å². The molecular formula is C19H19N3O4S. The van der Waals surface area contributed by atoms with Crippen LogP contribution in [-0.2, 0) is 21.7 Å². The molecule has 0 aliphatic carbocycles. The lowest BCUT2D eigenvalue weighted by molar-refractivity contribution is -0.148. The molecule has 0 saturated carbocycles. The van der Waals surface area contributed by atoms with Gasteiger partial charge in [-0.1, -0.05) is 37.3 Å². The van der Waals surface area contributed by atoms with Crippen molar-refractivity contribution in [1.29, 1.82) is 0 Å². The number of amides is 1. The molecule has 0 aliphatic heterocycles. The molecular weight excluding hydrogens is 366 g/mol. The van der Waals surface area contributed by atoms with E-state index in [0.717, 1.165) is 0 Å². The number of hydrogen-bond acceptors (Lipinski definition) is 5. The zero-order valence-corrected chi connectivity index (χ0v) is 15.5. The highest BCUT2D eigenvalue weighted by atomic mass is 32.1. The molecule has 2 heterocycles. The van der Waals surface area contributed by atoms with Gasteiger partial charge in [0.2, 0.25) is 5.91 Å². The average Bonchev–Trinajstić information content (AvgIpc) is 3.16. The van der Waals surface area contributed by atoms with Crippen LogP contribution in [0.3, 0.4) is 0 Å². The molecule has 0 bridgehead atoms. The number of nitrogens with zero attached hydrogens (tertiary/aromatic N) is 2. The summed E-state index contributed by atoms with van der Waals surface area (Å²) in [4.78, 5) is 41.7. The Morgan fingerprint density at radius 2 is 2.00 bits per heavy atom. The van der Waals surface area contributed by atoms with Gasteiger partial charge in [-0.2, -0.15) is 0 Å². The van der Waals surface area contributed by atoms with Crippen molar-refractivity contribution in [3.63, 3.8) is 0 Å². The minimum Gasteiger partial charge on any atom is -0.479 e. The van der Waals surface area contributed by atoms with E-state index in [4.69, 9.17) is 0 Å². The van der Waals surface area contributed by atoms with E-state index in [1.165, 1.54) is 22.2 Å². The number of nitrogens with one attached hydrogen (secondary N) is 1. The van der Waals surface area contributed by atoms with Crippen LogP contribution in [0.1, 0.15) is 25.3 Å². The number of hydrogen-bond donors (Lipinski definition) is 2. The average molecular weight is 385 g/mol. The van der Waals surface area contributed by atoms with E-state index in [1.54, 1.807) is 48.7 Å². The molecule has 0 saturated heterocycles. The van der Waals surface area contributed by atoms with Gasteiger partial charge in [-0.05, 0) is 23.4 Å². The van der Waals surface area contributed by atoms with Gasteiger partial charge in [-0.3, -0.25) is 14.2 Å². The summed E-state index contributed by atoms with van der Waals surface area (Å²) in [5.74, 6) is -1.57. The minimum atomic E-state index is -1.50. The number of aryl methyl sites for hydroxylation is 1. The standard InChI is InChI=1S/C19H19N3O4S/c1-2-19(18(25)26,13-6-4-3-5-7-13)21-15(23)8-10-22-12-20-16-14(17(22)24)9-11-27-16/h3-7,9,11-12H,2,8,10H2,1H3,(H,21,23)(H,25,26). The molecule has 0 spiro atoms. The van der Waals surface area contributed by atoms with Crippen molar-refractivity contribution in [2.45, 2.75) is 31.8 Å². The second-order valence-electron chi connectivity index (χ2n) is 6.11. The van der Waals surface area contributed by atoms with Crippen molar-refractivity contribution in [2.75, 3.05) is 0 Å². The Labute approximate surface area is 159 Å². The number of benzene rings is 1. The number of aromatic nitrogens is 2. The third kappa shape index (κ3) is 3.61. The molecule has 0 fully saturated rings. The van der Waals surface area contributed by atoms with E-state index in [2.05, 4.69) is 10.3 Å². The molecule has 1 aromatic carbocycles. The second kappa shape index (κ2) is 7.71. The number of aliphatic carboxylic acids is 1. The fourth-order valence-corrected chi connectivity index (χ4v) is 3.71. The van der Waals surface area contributed by atoms with Gasteiger partial charge in [-0.15, -0.1) is 11.3 Å². The fraction of sp³-hybridized carbons (Fsp3) is 0.263. The van der Waals surface area contributed by atoms with E-state index in [-0.39, 0.29) is 24.9 Å². The van der Waals surface area contributed by atoms with Crippen molar-refractivity contribution >= 4 is 33.4 Å². The molecule has 2 aromatic heterocycles. The van der Waals surface area contributed by atoms with Gasteiger partial charge in [0.1, 0.15) is 4.83 Å². The number of carboxylic acids is 1. The van der Waals surface area contributed by atoms with Crippen molar-refractivity contribution in [2.24, 2.45) is 0 Å². The number of carbonyl (C=O) groups excluding carboxylic acids is 1. The first-order valence-electron chi connectivity index (χ1n) is 8.50. The maximum atomic E-state index is 12.5. The topological polar surface area (TPSA) is 101 Å². The maximum Gasteiger partial charge on any atom is 0.334 e. The summed E-state index contributed by atoms with van der Waals surface area (Å²) in [6.07, 6.45) is 1.58. The summed E-state index contributed by atoms with van der Waals surface area (Å²) in [7, 11) is 0. The predicted molar refractivity (Wildman–Crippen MR) is 103 cm³/mol. The minimum absolute atomic E-state index is 0.0287. The predicted octanol–water partition coefficient (Wildman–Crippen LogP) is 2.35. The first-order chi connectivity index (χ1) is 13.0. The molecule has 1 amide bonds. The molecule has 8 heteroatoms. The summed E-state index contributed by atoms with van der Waals surface area (Å²) >= 11 is 1.38. The molecule has 3 rings (SSSR count). The Balaban J connectivity index is 1.77. The SMILES string of the molecule is CCC(NC(=O)CCn1cnc2sccc2c1=O)(C(=O)O)c1ccccc1. The first kappa shape index (κ1) is 18.8. The smallest absolute Gasteiger partial charge is 0.334 e. The number of carboxylic acid groups (broad SMARTS) is 1. The van der Waals surface area contributed by atoms with Crippen molar-refractivity contribution in [1.82, 2.24) is 14.9 Å². The van der Waals surface area contributed by atoms with Crippen LogP contribution >= 0.6 is 11.3 Å². The summed E-state index contributed by atoms with van der Waals surface area (Å²) < 4.78 is 1.37. The fourth-order valence-electron chi connectivity index (χ4n) is 2.99. The highest BCUT2D eigenvalue weighted by Gasteiger charge is 2.40. The number of carbonyl (C=O) groups is 2. The number of rotatable bonds is 7. The van der Waals surface area contributed by atoms with Crippen LogP contribution in [0.15, 0.2) is 52.9 Å². The van der Waals surface area contributed by atoms with Gasteiger partial charge < -0.3 is 10.4 Å². The molecule has 27 heavy (non-hydrogen) atoms. The molecule has 140 valence electrons. The lowest BCUT2D eigenvalue weighted by atomic mass is 9.87.